The van der Waals surface area contributed by atoms with Crippen molar-refractivity contribution < 1.29 is 23.9 Å². The highest BCUT2D eigenvalue weighted by Gasteiger charge is 2.37. The molecular weight excluding hydrogens is 474 g/mol. The molecule has 0 saturated carbocycles. The van der Waals surface area contributed by atoms with Gasteiger partial charge >= 0.3 is 6.09 Å². The first kappa shape index (κ1) is 31.4. The van der Waals surface area contributed by atoms with Crippen molar-refractivity contribution in [1.82, 2.24) is 15.5 Å². The molecule has 4 N–H and O–H groups in total. The molecule has 4 amide bonds. The Morgan fingerprint density at radius 2 is 1.84 bits per heavy atom. The molecule has 1 aromatic rings. The quantitative estimate of drug-likeness (QED) is 0.271. The Kier molecular flexibility index (Phi) is 12.6. The summed E-state index contributed by atoms with van der Waals surface area (Å²) in [4.78, 5) is 52.4. The first-order valence-corrected chi connectivity index (χ1v) is 12.6. The average Bonchev–Trinajstić information content (AvgIpc) is 2.79. The Bertz CT molecular complexity index is 996. The van der Waals surface area contributed by atoms with Crippen LogP contribution in [0.1, 0.15) is 82.5 Å². The van der Waals surface area contributed by atoms with Crippen molar-refractivity contribution in [3.63, 3.8) is 0 Å². The maximum atomic E-state index is 13.8. The van der Waals surface area contributed by atoms with E-state index in [0.29, 0.717) is 12.1 Å². The highest BCUT2D eigenvalue weighted by molar-refractivity contribution is 5.92. The number of carbonyl (C=O) groups excluding carboxylic acids is 4. The third-order valence-electron chi connectivity index (χ3n) is 5.56. The van der Waals surface area contributed by atoms with Gasteiger partial charge in [-0.2, -0.15) is 5.26 Å². The number of aryl methyl sites for hydroxylation is 2. The van der Waals surface area contributed by atoms with Crippen molar-refractivity contribution in [3.8, 4) is 6.07 Å². The predicted octanol–water partition coefficient (Wildman–Crippen LogP) is 3.16. The van der Waals surface area contributed by atoms with Crippen LogP contribution in [0.4, 0.5) is 4.79 Å². The van der Waals surface area contributed by atoms with Crippen LogP contribution in [0, 0.1) is 25.2 Å². The average molecular weight is 516 g/mol. The summed E-state index contributed by atoms with van der Waals surface area (Å²) < 4.78 is 5.29. The Morgan fingerprint density at radius 1 is 1.16 bits per heavy atom. The van der Waals surface area contributed by atoms with E-state index >= 15 is 0 Å². The van der Waals surface area contributed by atoms with E-state index in [1.807, 2.05) is 38.1 Å². The first-order valence-electron chi connectivity index (χ1n) is 12.6. The summed E-state index contributed by atoms with van der Waals surface area (Å²) in [5, 5.41) is 15.0. The van der Waals surface area contributed by atoms with E-state index in [1.165, 1.54) is 0 Å². The molecule has 0 aliphatic heterocycles. The SMILES string of the molecule is CCCCCNC(=O)C(c1cc(C)ccc1C)N(CC#N)C(=O)C(CCC(N)=O)NC(=O)OC(C)(C)C. The van der Waals surface area contributed by atoms with E-state index in [0.717, 1.165) is 35.3 Å². The number of rotatable bonds is 13. The number of primary amides is 1. The predicted molar refractivity (Wildman–Crippen MR) is 140 cm³/mol. The lowest BCUT2D eigenvalue weighted by molar-refractivity contribution is -0.142. The fourth-order valence-electron chi connectivity index (χ4n) is 3.75. The molecule has 0 bridgehead atoms. The zero-order valence-electron chi connectivity index (χ0n) is 22.8. The Hall–Kier alpha value is -3.61. The van der Waals surface area contributed by atoms with Gasteiger partial charge in [-0.3, -0.25) is 14.4 Å². The van der Waals surface area contributed by atoms with Crippen molar-refractivity contribution in [2.45, 2.75) is 91.3 Å². The minimum Gasteiger partial charge on any atom is -0.444 e. The molecule has 10 nitrogen and oxygen atoms in total. The number of ether oxygens (including phenoxy) is 1. The van der Waals surface area contributed by atoms with Gasteiger partial charge in [-0.05, 0) is 58.6 Å². The highest BCUT2D eigenvalue weighted by atomic mass is 16.6. The van der Waals surface area contributed by atoms with Crippen molar-refractivity contribution in [2.24, 2.45) is 5.73 Å². The van der Waals surface area contributed by atoms with Crippen LogP contribution in [0.2, 0.25) is 0 Å². The van der Waals surface area contributed by atoms with Crippen LogP contribution in [0.15, 0.2) is 18.2 Å². The van der Waals surface area contributed by atoms with Gasteiger partial charge in [-0.25, -0.2) is 4.79 Å². The van der Waals surface area contributed by atoms with Crippen molar-refractivity contribution in [3.05, 3.63) is 34.9 Å². The highest BCUT2D eigenvalue weighted by Crippen LogP contribution is 2.27. The Balaban J connectivity index is 3.47. The maximum Gasteiger partial charge on any atom is 0.408 e. The van der Waals surface area contributed by atoms with Gasteiger partial charge in [0.1, 0.15) is 24.2 Å². The molecule has 0 aromatic heterocycles. The van der Waals surface area contributed by atoms with E-state index in [4.69, 9.17) is 10.5 Å². The largest absolute Gasteiger partial charge is 0.444 e. The van der Waals surface area contributed by atoms with Gasteiger partial charge in [0, 0.05) is 13.0 Å². The van der Waals surface area contributed by atoms with E-state index in [-0.39, 0.29) is 12.8 Å². The van der Waals surface area contributed by atoms with Crippen LogP contribution in [0.3, 0.4) is 0 Å². The molecule has 2 atom stereocenters. The Morgan fingerprint density at radius 3 is 2.41 bits per heavy atom. The third kappa shape index (κ3) is 10.9. The number of carbonyl (C=O) groups is 4. The first-order chi connectivity index (χ1) is 17.3. The number of hydrogen-bond donors (Lipinski definition) is 3. The monoisotopic (exact) mass is 515 g/mol. The molecular formula is C27H41N5O5. The van der Waals surface area contributed by atoms with Gasteiger partial charge < -0.3 is 26.0 Å². The van der Waals surface area contributed by atoms with Gasteiger partial charge in [-0.15, -0.1) is 0 Å². The Labute approximate surface area is 219 Å². The minimum atomic E-state index is -1.24. The number of alkyl carbamates (subject to hydrolysis) is 1. The summed E-state index contributed by atoms with van der Waals surface area (Å²) in [5.74, 6) is -1.78. The van der Waals surface area contributed by atoms with Crippen LogP contribution in [0.5, 0.6) is 0 Å². The fraction of sp³-hybridized carbons (Fsp3) is 0.593. The number of unbranched alkanes of at least 4 members (excludes halogenated alkanes) is 2. The number of nitriles is 1. The summed E-state index contributed by atoms with van der Waals surface area (Å²) in [7, 11) is 0. The van der Waals surface area contributed by atoms with Crippen LogP contribution in [-0.2, 0) is 19.1 Å². The minimum absolute atomic E-state index is 0.118. The number of nitrogens with two attached hydrogens (primary N) is 1. The van der Waals surface area contributed by atoms with Gasteiger partial charge in [0.2, 0.25) is 17.7 Å². The second-order valence-corrected chi connectivity index (χ2v) is 10.1. The van der Waals surface area contributed by atoms with E-state index in [2.05, 4.69) is 17.6 Å². The summed E-state index contributed by atoms with van der Waals surface area (Å²) in [6.07, 6.45) is 1.52. The molecule has 1 aromatic carbocycles. The lowest BCUT2D eigenvalue weighted by Crippen LogP contribution is -2.53. The second-order valence-electron chi connectivity index (χ2n) is 10.1. The van der Waals surface area contributed by atoms with Crippen molar-refractivity contribution in [2.75, 3.05) is 13.1 Å². The van der Waals surface area contributed by atoms with E-state index < -0.39 is 48.0 Å². The molecule has 0 heterocycles. The topological polar surface area (TPSA) is 155 Å². The molecule has 0 aliphatic rings. The normalized spacial score (nSPS) is 12.6. The van der Waals surface area contributed by atoms with Gasteiger partial charge in [0.15, 0.2) is 0 Å². The number of amides is 4. The third-order valence-corrected chi connectivity index (χ3v) is 5.56. The summed E-state index contributed by atoms with van der Waals surface area (Å²) >= 11 is 0. The molecule has 37 heavy (non-hydrogen) atoms. The van der Waals surface area contributed by atoms with Crippen LogP contribution in [-0.4, -0.2) is 53.4 Å². The maximum absolute atomic E-state index is 13.8. The number of hydrogen-bond acceptors (Lipinski definition) is 6. The second kappa shape index (κ2) is 14.8. The zero-order valence-corrected chi connectivity index (χ0v) is 22.8. The van der Waals surface area contributed by atoms with Crippen LogP contribution >= 0.6 is 0 Å². The van der Waals surface area contributed by atoms with Crippen LogP contribution in [0.25, 0.3) is 0 Å². The van der Waals surface area contributed by atoms with Gasteiger partial charge in [0.25, 0.3) is 0 Å². The van der Waals surface area contributed by atoms with E-state index in [1.54, 1.807) is 20.8 Å². The number of nitrogens with one attached hydrogen (secondary N) is 2. The molecule has 204 valence electrons. The number of benzene rings is 1. The summed E-state index contributed by atoms with van der Waals surface area (Å²) in [6.45, 7) is 10.8. The van der Waals surface area contributed by atoms with Crippen molar-refractivity contribution >= 4 is 23.8 Å². The molecule has 0 spiro atoms. The fourth-order valence-corrected chi connectivity index (χ4v) is 3.75. The molecule has 1 rings (SSSR count). The number of nitrogens with zero attached hydrogens (tertiary/aromatic N) is 2. The lowest BCUT2D eigenvalue weighted by Gasteiger charge is -2.33. The summed E-state index contributed by atoms with van der Waals surface area (Å²) in [5.41, 5.74) is 6.69. The van der Waals surface area contributed by atoms with Gasteiger partial charge in [-0.1, -0.05) is 43.5 Å². The molecule has 10 heteroatoms. The molecule has 0 saturated heterocycles. The van der Waals surface area contributed by atoms with Crippen LogP contribution < -0.4 is 16.4 Å². The van der Waals surface area contributed by atoms with Gasteiger partial charge in [0.05, 0.1) is 6.07 Å². The molecule has 0 radical (unpaired) electrons. The molecule has 0 fully saturated rings. The lowest BCUT2D eigenvalue weighted by atomic mass is 9.95. The molecule has 0 aliphatic carbocycles. The smallest absolute Gasteiger partial charge is 0.408 e. The standard InChI is InChI=1S/C27H41N5O5/c1-7-8-9-15-30-24(34)23(20-17-18(2)10-11-19(20)3)32(16-14-28)25(35)21(12-13-22(29)33)31-26(36)37-27(4,5)6/h10-11,17,21,23H,7-9,12-13,15-16H2,1-6H3,(H2,29,33)(H,30,34)(H,31,36). The summed E-state index contributed by atoms with van der Waals surface area (Å²) in [6, 6.07) is 5.16. The zero-order chi connectivity index (χ0) is 28.2. The van der Waals surface area contributed by atoms with Crippen molar-refractivity contribution in [1.29, 1.82) is 5.26 Å². The van der Waals surface area contributed by atoms with E-state index in [9.17, 15) is 24.4 Å². The molecule has 2 unspecified atom stereocenters.